The summed E-state index contributed by atoms with van der Waals surface area (Å²) in [6, 6.07) is 4.13. The van der Waals surface area contributed by atoms with E-state index in [2.05, 4.69) is 0 Å². The highest BCUT2D eigenvalue weighted by Crippen LogP contribution is 2.25. The fraction of sp³-hybridized carbons (Fsp3) is 0.182. The van der Waals surface area contributed by atoms with Crippen LogP contribution in [0.4, 0.5) is 5.69 Å². The van der Waals surface area contributed by atoms with E-state index in [1.807, 2.05) is 6.92 Å². The number of allylic oxidation sites excluding steroid dienone is 1. The number of carboxylic acids is 1. The molecule has 0 aromatic heterocycles. The van der Waals surface area contributed by atoms with Crippen LogP contribution < -0.4 is 5.73 Å². The van der Waals surface area contributed by atoms with E-state index in [9.17, 15) is 4.79 Å². The maximum absolute atomic E-state index is 9.67. The van der Waals surface area contributed by atoms with Gasteiger partial charge in [0.1, 0.15) is 0 Å². The van der Waals surface area contributed by atoms with Crippen molar-refractivity contribution in [1.29, 1.82) is 0 Å². The van der Waals surface area contributed by atoms with E-state index < -0.39 is 5.97 Å². The highest BCUT2D eigenvalue weighted by molar-refractivity contribution is 5.79. The van der Waals surface area contributed by atoms with E-state index in [4.69, 9.17) is 21.1 Å². The predicted octanol–water partition coefficient (Wildman–Crippen LogP) is 1.72. The van der Waals surface area contributed by atoms with Crippen molar-refractivity contribution in [3.05, 3.63) is 30.4 Å². The van der Waals surface area contributed by atoms with Crippen LogP contribution in [0.5, 0.6) is 11.5 Å². The summed E-state index contributed by atoms with van der Waals surface area (Å²) in [6.45, 7) is 1.89. The van der Waals surface area contributed by atoms with Crippen molar-refractivity contribution in [2.45, 2.75) is 13.3 Å². The van der Waals surface area contributed by atoms with Crippen molar-refractivity contribution in [1.82, 2.24) is 0 Å². The summed E-state index contributed by atoms with van der Waals surface area (Å²) in [5, 5.41) is 25.5. The Morgan fingerprint density at radius 1 is 1.38 bits per heavy atom. The maximum Gasteiger partial charge on any atom is 0.327 e. The molecule has 0 radical (unpaired) electrons. The Bertz CT molecular complexity index is 374. The molecule has 16 heavy (non-hydrogen) atoms. The van der Waals surface area contributed by atoms with E-state index in [1.165, 1.54) is 18.2 Å². The lowest BCUT2D eigenvalue weighted by atomic mass is 10.3. The van der Waals surface area contributed by atoms with Gasteiger partial charge in [-0.25, -0.2) is 4.79 Å². The molecule has 5 N–H and O–H groups in total. The number of phenolic OH excluding ortho intramolecular Hbond substituents is 2. The van der Waals surface area contributed by atoms with E-state index in [0.29, 0.717) is 5.69 Å². The number of anilines is 1. The first-order chi connectivity index (χ1) is 7.47. The summed E-state index contributed by atoms with van der Waals surface area (Å²) in [6.07, 6.45) is 3.52. The molecule has 0 heterocycles. The van der Waals surface area contributed by atoms with Crippen LogP contribution in [0.1, 0.15) is 13.3 Å². The highest BCUT2D eigenvalue weighted by Gasteiger charge is 1.95. The molecule has 5 nitrogen and oxygen atoms in total. The minimum atomic E-state index is -0.873. The summed E-state index contributed by atoms with van der Waals surface area (Å²) in [5.74, 6) is -1.21. The number of nitrogens with two attached hydrogens (primary N) is 1. The second-order valence-corrected chi connectivity index (χ2v) is 2.90. The molecular weight excluding hydrogens is 210 g/mol. The van der Waals surface area contributed by atoms with Crippen LogP contribution in [0, 0.1) is 0 Å². The van der Waals surface area contributed by atoms with Crippen LogP contribution >= 0.6 is 0 Å². The quantitative estimate of drug-likeness (QED) is 0.265. The monoisotopic (exact) mass is 225 g/mol. The van der Waals surface area contributed by atoms with Gasteiger partial charge < -0.3 is 21.1 Å². The lowest BCUT2D eigenvalue weighted by Gasteiger charge is -1.95. The molecule has 0 saturated carbocycles. The Hall–Kier alpha value is -2.17. The van der Waals surface area contributed by atoms with Crippen LogP contribution in [0.25, 0.3) is 0 Å². The number of aromatic hydroxyl groups is 2. The minimum Gasteiger partial charge on any atom is -0.504 e. The molecule has 5 heteroatoms. The van der Waals surface area contributed by atoms with E-state index in [1.54, 1.807) is 6.08 Å². The molecule has 0 spiro atoms. The molecule has 0 saturated heterocycles. The number of nitrogen functional groups attached to an aromatic ring is 1. The van der Waals surface area contributed by atoms with E-state index in [0.717, 1.165) is 12.5 Å². The fourth-order valence-electron chi connectivity index (χ4n) is 0.759. The third-order valence-electron chi connectivity index (χ3n) is 1.50. The fourth-order valence-corrected chi connectivity index (χ4v) is 0.759. The van der Waals surface area contributed by atoms with Crippen LogP contribution in [0.3, 0.4) is 0 Å². The van der Waals surface area contributed by atoms with E-state index >= 15 is 0 Å². The average molecular weight is 225 g/mol. The molecule has 0 unspecified atom stereocenters. The first-order valence-electron chi connectivity index (χ1n) is 4.64. The predicted molar refractivity (Wildman–Crippen MR) is 61.3 cm³/mol. The molecule has 1 aromatic rings. The molecule has 1 aromatic carbocycles. The third-order valence-corrected chi connectivity index (χ3v) is 1.50. The van der Waals surface area contributed by atoms with Gasteiger partial charge in [-0.05, 0) is 18.6 Å². The Morgan fingerprint density at radius 2 is 2.00 bits per heavy atom. The van der Waals surface area contributed by atoms with E-state index in [-0.39, 0.29) is 11.5 Å². The summed E-state index contributed by atoms with van der Waals surface area (Å²) < 4.78 is 0. The van der Waals surface area contributed by atoms with Gasteiger partial charge in [0.05, 0.1) is 0 Å². The van der Waals surface area contributed by atoms with Gasteiger partial charge in [0.25, 0.3) is 0 Å². The van der Waals surface area contributed by atoms with Gasteiger partial charge in [0.2, 0.25) is 0 Å². The zero-order valence-electron chi connectivity index (χ0n) is 8.92. The Labute approximate surface area is 93.5 Å². The zero-order valence-corrected chi connectivity index (χ0v) is 8.92. The molecule has 0 bridgehead atoms. The van der Waals surface area contributed by atoms with Crippen molar-refractivity contribution in [3.8, 4) is 11.5 Å². The highest BCUT2D eigenvalue weighted by atomic mass is 16.4. The van der Waals surface area contributed by atoms with Crippen molar-refractivity contribution < 1.29 is 20.1 Å². The zero-order chi connectivity index (χ0) is 12.6. The van der Waals surface area contributed by atoms with Crippen LogP contribution in [0.2, 0.25) is 0 Å². The average Bonchev–Trinajstić information content (AvgIpc) is 2.22. The van der Waals surface area contributed by atoms with Crippen molar-refractivity contribution >= 4 is 11.7 Å². The smallest absolute Gasteiger partial charge is 0.327 e. The van der Waals surface area contributed by atoms with Gasteiger partial charge in [-0.2, -0.15) is 0 Å². The van der Waals surface area contributed by atoms with Gasteiger partial charge in [0.15, 0.2) is 11.5 Å². The van der Waals surface area contributed by atoms with Crippen LogP contribution in [-0.2, 0) is 4.79 Å². The molecule has 0 amide bonds. The second kappa shape index (κ2) is 7.17. The lowest BCUT2D eigenvalue weighted by molar-refractivity contribution is -0.131. The van der Waals surface area contributed by atoms with Gasteiger partial charge in [-0.1, -0.05) is 13.0 Å². The lowest BCUT2D eigenvalue weighted by Crippen LogP contribution is -1.84. The van der Waals surface area contributed by atoms with Gasteiger partial charge in [-0.15, -0.1) is 0 Å². The Balaban J connectivity index is 0.000000293. The normalized spacial score (nSPS) is 9.56. The molecule has 0 atom stereocenters. The third kappa shape index (κ3) is 6.31. The number of phenols is 2. The van der Waals surface area contributed by atoms with Crippen LogP contribution in [0.15, 0.2) is 30.4 Å². The summed E-state index contributed by atoms with van der Waals surface area (Å²) in [5.41, 5.74) is 5.69. The Morgan fingerprint density at radius 3 is 2.31 bits per heavy atom. The van der Waals surface area contributed by atoms with Crippen molar-refractivity contribution in [2.75, 3.05) is 5.73 Å². The number of aliphatic carboxylic acids is 1. The van der Waals surface area contributed by atoms with Gasteiger partial charge in [-0.3, -0.25) is 0 Å². The number of hydrogen-bond donors (Lipinski definition) is 4. The van der Waals surface area contributed by atoms with Gasteiger partial charge >= 0.3 is 5.97 Å². The molecule has 88 valence electrons. The first kappa shape index (κ1) is 13.8. The summed E-state index contributed by atoms with van der Waals surface area (Å²) >= 11 is 0. The number of rotatable bonds is 2. The topological polar surface area (TPSA) is 104 Å². The number of carbonyl (C=O) groups is 1. The number of benzene rings is 1. The molecule has 0 aliphatic carbocycles. The van der Waals surface area contributed by atoms with Crippen LogP contribution in [-0.4, -0.2) is 21.3 Å². The largest absolute Gasteiger partial charge is 0.504 e. The standard InChI is InChI=1S/C6H7NO2.C5H8O2/c7-4-1-2-5(8)6(9)3-4;1-2-3-4-5(6)7/h1-3,8-9H,7H2;3-4H,2H2,1H3,(H,6,7). The Kier molecular flexibility index (Phi) is 6.19. The summed E-state index contributed by atoms with van der Waals surface area (Å²) in [7, 11) is 0. The molecule has 0 aliphatic heterocycles. The first-order valence-corrected chi connectivity index (χ1v) is 4.64. The van der Waals surface area contributed by atoms with Crippen molar-refractivity contribution in [3.63, 3.8) is 0 Å². The van der Waals surface area contributed by atoms with Crippen molar-refractivity contribution in [2.24, 2.45) is 0 Å². The van der Waals surface area contributed by atoms with Gasteiger partial charge in [0, 0.05) is 17.8 Å². The second-order valence-electron chi connectivity index (χ2n) is 2.90. The summed E-state index contributed by atoms with van der Waals surface area (Å²) in [4.78, 5) is 9.67. The molecular formula is C11H15NO4. The number of hydrogen-bond acceptors (Lipinski definition) is 4. The molecule has 0 fully saturated rings. The SMILES string of the molecule is CCC=CC(=O)O.Nc1ccc(O)c(O)c1. The minimum absolute atomic E-state index is 0.149. The maximum atomic E-state index is 9.67. The molecule has 1 rings (SSSR count). The molecule has 0 aliphatic rings. The number of carboxylic acid groups (broad SMARTS) is 1.